The SMILES string of the molecule is Cc1ccc(C(=O)O)c(=O)n1CC(O)CO. The number of hydrogen-bond donors (Lipinski definition) is 3. The first-order valence-electron chi connectivity index (χ1n) is 4.70. The molecule has 0 radical (unpaired) electrons. The topological polar surface area (TPSA) is 99.8 Å². The molecule has 16 heavy (non-hydrogen) atoms. The van der Waals surface area contributed by atoms with Crippen molar-refractivity contribution in [3.8, 4) is 0 Å². The van der Waals surface area contributed by atoms with E-state index in [-0.39, 0.29) is 12.1 Å². The van der Waals surface area contributed by atoms with E-state index in [4.69, 9.17) is 10.2 Å². The van der Waals surface area contributed by atoms with E-state index in [9.17, 15) is 14.7 Å². The van der Waals surface area contributed by atoms with Gasteiger partial charge in [0.1, 0.15) is 5.56 Å². The van der Waals surface area contributed by atoms with E-state index in [1.165, 1.54) is 12.1 Å². The molecule has 6 nitrogen and oxygen atoms in total. The van der Waals surface area contributed by atoms with Crippen LogP contribution in [0.1, 0.15) is 16.1 Å². The highest BCUT2D eigenvalue weighted by Gasteiger charge is 2.14. The molecule has 0 spiro atoms. The predicted octanol–water partition coefficient (Wildman–Crippen LogP) is -0.792. The van der Waals surface area contributed by atoms with Crippen molar-refractivity contribution >= 4 is 5.97 Å². The smallest absolute Gasteiger partial charge is 0.341 e. The molecule has 3 N–H and O–H groups in total. The van der Waals surface area contributed by atoms with E-state index in [0.717, 1.165) is 4.57 Å². The molecule has 0 aromatic carbocycles. The largest absolute Gasteiger partial charge is 0.477 e. The molecule has 0 saturated carbocycles. The van der Waals surface area contributed by atoms with Gasteiger partial charge in [-0.3, -0.25) is 4.79 Å². The first-order valence-corrected chi connectivity index (χ1v) is 4.70. The average Bonchev–Trinajstić information content (AvgIpc) is 2.23. The van der Waals surface area contributed by atoms with Crippen LogP contribution in [0.25, 0.3) is 0 Å². The van der Waals surface area contributed by atoms with Crippen molar-refractivity contribution in [2.24, 2.45) is 0 Å². The molecule has 6 heteroatoms. The third-order valence-corrected chi connectivity index (χ3v) is 2.23. The lowest BCUT2D eigenvalue weighted by molar-refractivity contribution is 0.0687. The third kappa shape index (κ3) is 2.47. The lowest BCUT2D eigenvalue weighted by atomic mass is 10.2. The Bertz CT molecular complexity index is 451. The predicted molar refractivity (Wildman–Crippen MR) is 55.5 cm³/mol. The molecule has 0 amide bonds. The van der Waals surface area contributed by atoms with Crippen molar-refractivity contribution < 1.29 is 20.1 Å². The first kappa shape index (κ1) is 12.4. The minimum atomic E-state index is -1.31. The molecule has 0 fully saturated rings. The summed E-state index contributed by atoms with van der Waals surface area (Å²) in [6.45, 7) is 1.02. The number of nitrogens with zero attached hydrogens (tertiary/aromatic N) is 1. The van der Waals surface area contributed by atoms with E-state index in [2.05, 4.69) is 0 Å². The van der Waals surface area contributed by atoms with Gasteiger partial charge in [0.15, 0.2) is 0 Å². The number of hydrogen-bond acceptors (Lipinski definition) is 4. The summed E-state index contributed by atoms with van der Waals surface area (Å²) in [4.78, 5) is 22.4. The van der Waals surface area contributed by atoms with Crippen molar-refractivity contribution in [3.63, 3.8) is 0 Å². The van der Waals surface area contributed by atoms with Crippen molar-refractivity contribution in [2.75, 3.05) is 6.61 Å². The molecular formula is C10H13NO5. The first-order chi connectivity index (χ1) is 7.47. The zero-order valence-corrected chi connectivity index (χ0v) is 8.75. The fourth-order valence-electron chi connectivity index (χ4n) is 1.33. The number of aliphatic hydroxyl groups excluding tert-OH is 2. The molecule has 1 rings (SSSR count). The normalized spacial score (nSPS) is 12.4. The summed E-state index contributed by atoms with van der Waals surface area (Å²) in [6.07, 6.45) is -1.08. The lowest BCUT2D eigenvalue weighted by Gasteiger charge is -2.13. The summed E-state index contributed by atoms with van der Waals surface area (Å²) in [5, 5.41) is 26.7. The number of pyridine rings is 1. The van der Waals surface area contributed by atoms with E-state index < -0.39 is 24.2 Å². The Morgan fingerprint density at radius 2 is 2.12 bits per heavy atom. The number of aromatic carboxylic acids is 1. The van der Waals surface area contributed by atoms with Crippen molar-refractivity contribution in [1.82, 2.24) is 4.57 Å². The molecule has 0 aliphatic heterocycles. The Balaban J connectivity index is 3.22. The van der Waals surface area contributed by atoms with E-state index in [1.54, 1.807) is 6.92 Å². The van der Waals surface area contributed by atoms with Crippen LogP contribution in [0.4, 0.5) is 0 Å². The minimum absolute atomic E-state index is 0.123. The second kappa shape index (κ2) is 4.91. The van der Waals surface area contributed by atoms with E-state index in [1.807, 2.05) is 0 Å². The van der Waals surface area contributed by atoms with Gasteiger partial charge in [-0.1, -0.05) is 0 Å². The Morgan fingerprint density at radius 3 is 2.62 bits per heavy atom. The molecule has 1 aromatic heterocycles. The van der Waals surface area contributed by atoms with Crippen LogP contribution in [-0.4, -0.2) is 38.6 Å². The van der Waals surface area contributed by atoms with Crippen LogP contribution in [-0.2, 0) is 6.54 Å². The molecule has 1 unspecified atom stereocenters. The molecule has 88 valence electrons. The van der Waals surface area contributed by atoms with Gasteiger partial charge in [-0.2, -0.15) is 0 Å². The second-order valence-electron chi connectivity index (χ2n) is 3.45. The van der Waals surface area contributed by atoms with Gasteiger partial charge in [-0.05, 0) is 19.1 Å². The molecule has 0 bridgehead atoms. The van der Waals surface area contributed by atoms with Crippen LogP contribution in [0.2, 0.25) is 0 Å². The number of carboxylic acids is 1. The van der Waals surface area contributed by atoms with Crippen LogP contribution in [0, 0.1) is 6.92 Å². The maximum atomic E-state index is 11.7. The van der Waals surface area contributed by atoms with Gasteiger partial charge in [0, 0.05) is 5.69 Å². The zero-order valence-electron chi connectivity index (χ0n) is 8.75. The summed E-state index contributed by atoms with van der Waals surface area (Å²) < 4.78 is 1.13. The summed E-state index contributed by atoms with van der Waals surface area (Å²) >= 11 is 0. The number of carboxylic acid groups (broad SMARTS) is 1. The molecule has 0 aliphatic rings. The highest BCUT2D eigenvalue weighted by Crippen LogP contribution is 2.00. The van der Waals surface area contributed by atoms with Crippen molar-refractivity contribution in [1.29, 1.82) is 0 Å². The van der Waals surface area contributed by atoms with Gasteiger partial charge in [0.05, 0.1) is 19.3 Å². The highest BCUT2D eigenvalue weighted by atomic mass is 16.4. The number of aliphatic hydroxyl groups is 2. The van der Waals surface area contributed by atoms with Gasteiger partial charge >= 0.3 is 5.97 Å². The quantitative estimate of drug-likeness (QED) is 0.625. The number of aryl methyl sites for hydroxylation is 1. The Labute approximate surface area is 91.4 Å². The molecule has 1 heterocycles. The second-order valence-corrected chi connectivity index (χ2v) is 3.45. The fraction of sp³-hybridized carbons (Fsp3) is 0.400. The highest BCUT2D eigenvalue weighted by molar-refractivity contribution is 5.87. The number of rotatable bonds is 4. The molecule has 0 aliphatic carbocycles. The molecule has 0 saturated heterocycles. The Morgan fingerprint density at radius 1 is 1.50 bits per heavy atom. The van der Waals surface area contributed by atoms with Gasteiger partial charge in [-0.15, -0.1) is 0 Å². The van der Waals surface area contributed by atoms with Crippen LogP contribution in [0.15, 0.2) is 16.9 Å². The standard InChI is InChI=1S/C10H13NO5/c1-6-2-3-8(10(15)16)9(14)11(6)4-7(13)5-12/h2-3,7,12-13H,4-5H2,1H3,(H,15,16). The molecule has 1 atom stereocenters. The monoisotopic (exact) mass is 227 g/mol. The van der Waals surface area contributed by atoms with Gasteiger partial charge in [0.2, 0.25) is 0 Å². The van der Waals surface area contributed by atoms with Crippen LogP contribution >= 0.6 is 0 Å². The fourth-order valence-corrected chi connectivity index (χ4v) is 1.33. The van der Waals surface area contributed by atoms with Gasteiger partial charge in [0.25, 0.3) is 5.56 Å². The summed E-state index contributed by atoms with van der Waals surface area (Å²) in [5.41, 5.74) is -0.502. The van der Waals surface area contributed by atoms with Crippen LogP contribution < -0.4 is 5.56 Å². The zero-order chi connectivity index (χ0) is 12.3. The minimum Gasteiger partial charge on any atom is -0.477 e. The Kier molecular flexibility index (Phi) is 3.81. The van der Waals surface area contributed by atoms with Gasteiger partial charge < -0.3 is 19.9 Å². The lowest BCUT2D eigenvalue weighted by Crippen LogP contribution is -2.33. The number of carbonyl (C=O) groups is 1. The number of aromatic nitrogens is 1. The van der Waals surface area contributed by atoms with Crippen molar-refractivity contribution in [2.45, 2.75) is 19.6 Å². The van der Waals surface area contributed by atoms with Gasteiger partial charge in [-0.25, -0.2) is 4.79 Å². The molecular weight excluding hydrogens is 214 g/mol. The van der Waals surface area contributed by atoms with Crippen LogP contribution in [0.3, 0.4) is 0 Å². The summed E-state index contributed by atoms with van der Waals surface area (Å²) in [6, 6.07) is 2.71. The maximum Gasteiger partial charge on any atom is 0.341 e. The average molecular weight is 227 g/mol. The van der Waals surface area contributed by atoms with Crippen LogP contribution in [0.5, 0.6) is 0 Å². The molecule has 1 aromatic rings. The summed E-state index contributed by atoms with van der Waals surface area (Å²) in [7, 11) is 0. The van der Waals surface area contributed by atoms with Crippen molar-refractivity contribution in [3.05, 3.63) is 33.7 Å². The Hall–Kier alpha value is -1.66. The third-order valence-electron chi connectivity index (χ3n) is 2.23. The van der Waals surface area contributed by atoms with E-state index >= 15 is 0 Å². The maximum absolute atomic E-state index is 11.7. The summed E-state index contributed by atoms with van der Waals surface area (Å²) in [5.74, 6) is -1.31. The van der Waals surface area contributed by atoms with E-state index in [0.29, 0.717) is 5.69 Å².